The van der Waals surface area contributed by atoms with E-state index in [0.29, 0.717) is 24.7 Å². The van der Waals surface area contributed by atoms with E-state index in [1.165, 1.54) is 12.1 Å². The number of hydrogen-bond acceptors (Lipinski definition) is 7. The lowest BCUT2D eigenvalue weighted by molar-refractivity contribution is -0.384. The van der Waals surface area contributed by atoms with Crippen molar-refractivity contribution < 1.29 is 19.1 Å². The highest BCUT2D eigenvalue weighted by Crippen LogP contribution is 2.29. The predicted molar refractivity (Wildman–Crippen MR) is 122 cm³/mol. The van der Waals surface area contributed by atoms with Gasteiger partial charge in [-0.25, -0.2) is 0 Å². The number of nitrogens with zero attached hydrogens (tertiary/aromatic N) is 2. The van der Waals surface area contributed by atoms with Crippen LogP contribution in [-0.4, -0.2) is 24.9 Å². The molecule has 3 aromatic rings. The van der Waals surface area contributed by atoms with E-state index in [1.54, 1.807) is 25.5 Å². The first-order valence-electron chi connectivity index (χ1n) is 10.1. The molecule has 1 N–H and O–H groups in total. The number of methoxy groups -OCH3 is 1. The van der Waals surface area contributed by atoms with E-state index in [4.69, 9.17) is 14.2 Å². The molecule has 3 rings (SSSR count). The highest BCUT2D eigenvalue weighted by molar-refractivity contribution is 5.80. The standard InChI is InChI=1S/C24H25N3O5/c1-3-31-24-14-19(15-25-26-16-20-6-4-5-7-22(20)30-2)10-13-23(24)32-17-18-8-11-21(12-9-18)27(28)29/h4-15,26H,3,16-17H2,1-2H3/b25-15+. The summed E-state index contributed by atoms with van der Waals surface area (Å²) in [6, 6.07) is 19.6. The summed E-state index contributed by atoms with van der Waals surface area (Å²) in [6.45, 7) is 3.19. The average Bonchev–Trinajstić information content (AvgIpc) is 2.82. The number of ether oxygens (including phenoxy) is 3. The molecule has 166 valence electrons. The van der Waals surface area contributed by atoms with Gasteiger partial charge in [-0.05, 0) is 54.4 Å². The van der Waals surface area contributed by atoms with E-state index >= 15 is 0 Å². The Morgan fingerprint density at radius 2 is 1.78 bits per heavy atom. The van der Waals surface area contributed by atoms with Gasteiger partial charge in [0, 0.05) is 17.7 Å². The van der Waals surface area contributed by atoms with Gasteiger partial charge in [-0.15, -0.1) is 0 Å². The largest absolute Gasteiger partial charge is 0.496 e. The Hall–Kier alpha value is -4.07. The smallest absolute Gasteiger partial charge is 0.269 e. The van der Waals surface area contributed by atoms with Crippen LogP contribution >= 0.6 is 0 Å². The first kappa shape index (κ1) is 22.6. The summed E-state index contributed by atoms with van der Waals surface area (Å²) in [5.74, 6) is 2.00. The van der Waals surface area contributed by atoms with Gasteiger partial charge in [-0.3, -0.25) is 10.1 Å². The van der Waals surface area contributed by atoms with Gasteiger partial charge in [0.25, 0.3) is 5.69 Å². The molecule has 8 nitrogen and oxygen atoms in total. The van der Waals surface area contributed by atoms with Gasteiger partial charge >= 0.3 is 0 Å². The van der Waals surface area contributed by atoms with E-state index in [9.17, 15) is 10.1 Å². The lowest BCUT2D eigenvalue weighted by Crippen LogP contribution is -2.07. The number of rotatable bonds is 11. The van der Waals surface area contributed by atoms with Crippen LogP contribution in [-0.2, 0) is 13.2 Å². The third kappa shape index (κ3) is 6.21. The molecule has 0 heterocycles. The van der Waals surface area contributed by atoms with Crippen molar-refractivity contribution in [3.63, 3.8) is 0 Å². The van der Waals surface area contributed by atoms with Crippen molar-refractivity contribution >= 4 is 11.9 Å². The summed E-state index contributed by atoms with van der Waals surface area (Å²) < 4.78 is 16.9. The Bertz CT molecular complexity index is 1070. The molecule has 0 unspecified atom stereocenters. The number of hydrazone groups is 1. The summed E-state index contributed by atoms with van der Waals surface area (Å²) in [5.41, 5.74) is 5.75. The second-order valence-electron chi connectivity index (χ2n) is 6.76. The molecule has 0 aliphatic rings. The SMILES string of the molecule is CCOc1cc(/C=N/NCc2ccccc2OC)ccc1OCc1ccc([N+](=O)[O-])cc1. The molecule has 3 aromatic carbocycles. The minimum atomic E-state index is -0.427. The van der Waals surface area contributed by atoms with Crippen LogP contribution < -0.4 is 19.6 Å². The summed E-state index contributed by atoms with van der Waals surface area (Å²) in [6.07, 6.45) is 1.71. The quantitative estimate of drug-likeness (QED) is 0.266. The van der Waals surface area contributed by atoms with E-state index in [0.717, 1.165) is 22.4 Å². The number of non-ortho nitro benzene ring substituents is 1. The molecule has 0 amide bonds. The number of nitro benzene ring substituents is 1. The van der Waals surface area contributed by atoms with Crippen LogP contribution in [0.3, 0.4) is 0 Å². The molecular formula is C24H25N3O5. The monoisotopic (exact) mass is 435 g/mol. The van der Waals surface area contributed by atoms with Crippen molar-refractivity contribution in [3.8, 4) is 17.2 Å². The van der Waals surface area contributed by atoms with Crippen molar-refractivity contribution in [3.05, 3.63) is 93.5 Å². The number of para-hydroxylation sites is 1. The van der Waals surface area contributed by atoms with Gasteiger partial charge in [0.1, 0.15) is 12.4 Å². The van der Waals surface area contributed by atoms with Crippen LogP contribution in [0.5, 0.6) is 17.2 Å². The van der Waals surface area contributed by atoms with Crippen molar-refractivity contribution in [2.75, 3.05) is 13.7 Å². The zero-order valence-electron chi connectivity index (χ0n) is 18.0. The van der Waals surface area contributed by atoms with Crippen molar-refractivity contribution in [2.45, 2.75) is 20.1 Å². The first-order chi connectivity index (χ1) is 15.6. The van der Waals surface area contributed by atoms with Crippen LogP contribution in [0.15, 0.2) is 71.8 Å². The maximum atomic E-state index is 10.8. The topological polar surface area (TPSA) is 95.2 Å². The van der Waals surface area contributed by atoms with Crippen molar-refractivity contribution in [1.29, 1.82) is 0 Å². The molecular weight excluding hydrogens is 410 g/mol. The van der Waals surface area contributed by atoms with Crippen LogP contribution in [0.4, 0.5) is 5.69 Å². The van der Waals surface area contributed by atoms with Gasteiger partial charge in [-0.2, -0.15) is 5.10 Å². The Kier molecular flexibility index (Phi) is 8.02. The second kappa shape index (κ2) is 11.4. The van der Waals surface area contributed by atoms with Crippen LogP contribution in [0.25, 0.3) is 0 Å². The van der Waals surface area contributed by atoms with E-state index < -0.39 is 4.92 Å². The van der Waals surface area contributed by atoms with Gasteiger partial charge < -0.3 is 19.6 Å². The third-order valence-corrected chi connectivity index (χ3v) is 4.58. The average molecular weight is 435 g/mol. The molecule has 0 fully saturated rings. The molecule has 0 aliphatic heterocycles. The summed E-state index contributed by atoms with van der Waals surface area (Å²) in [7, 11) is 1.64. The van der Waals surface area contributed by atoms with Crippen molar-refractivity contribution in [1.82, 2.24) is 5.43 Å². The number of benzene rings is 3. The highest BCUT2D eigenvalue weighted by atomic mass is 16.6. The van der Waals surface area contributed by atoms with Crippen molar-refractivity contribution in [2.24, 2.45) is 5.10 Å². The number of hydrogen-bond donors (Lipinski definition) is 1. The van der Waals surface area contributed by atoms with Gasteiger partial charge in [0.05, 0.1) is 31.4 Å². The van der Waals surface area contributed by atoms with Gasteiger partial charge in [0.15, 0.2) is 11.5 Å². The fourth-order valence-corrected chi connectivity index (χ4v) is 2.97. The minimum absolute atomic E-state index is 0.0479. The zero-order chi connectivity index (χ0) is 22.8. The minimum Gasteiger partial charge on any atom is -0.496 e. The first-order valence-corrected chi connectivity index (χ1v) is 10.1. The van der Waals surface area contributed by atoms with Crippen LogP contribution in [0.1, 0.15) is 23.6 Å². The Labute approximate surface area is 186 Å². The molecule has 32 heavy (non-hydrogen) atoms. The molecule has 8 heteroatoms. The Balaban J connectivity index is 1.61. The lowest BCUT2D eigenvalue weighted by atomic mass is 10.2. The summed E-state index contributed by atoms with van der Waals surface area (Å²) >= 11 is 0. The van der Waals surface area contributed by atoms with Crippen LogP contribution in [0, 0.1) is 10.1 Å². The summed E-state index contributed by atoms with van der Waals surface area (Å²) in [4.78, 5) is 10.3. The third-order valence-electron chi connectivity index (χ3n) is 4.58. The molecule has 0 atom stereocenters. The molecule has 0 aromatic heterocycles. The molecule has 0 aliphatic carbocycles. The van der Waals surface area contributed by atoms with Gasteiger partial charge in [0.2, 0.25) is 0 Å². The van der Waals surface area contributed by atoms with Gasteiger partial charge in [-0.1, -0.05) is 18.2 Å². The van der Waals surface area contributed by atoms with Crippen LogP contribution in [0.2, 0.25) is 0 Å². The number of nitro groups is 1. The molecule has 0 spiro atoms. The highest BCUT2D eigenvalue weighted by Gasteiger charge is 2.08. The lowest BCUT2D eigenvalue weighted by Gasteiger charge is -2.12. The normalized spacial score (nSPS) is 10.7. The fourth-order valence-electron chi connectivity index (χ4n) is 2.97. The Morgan fingerprint density at radius 1 is 1.00 bits per heavy atom. The predicted octanol–water partition coefficient (Wildman–Crippen LogP) is 4.70. The second-order valence-corrected chi connectivity index (χ2v) is 6.76. The molecule has 0 saturated carbocycles. The van der Waals surface area contributed by atoms with E-state index in [2.05, 4.69) is 10.5 Å². The van der Waals surface area contributed by atoms with E-state index in [1.807, 2.05) is 49.4 Å². The maximum Gasteiger partial charge on any atom is 0.269 e. The maximum absolute atomic E-state index is 10.8. The molecule has 0 radical (unpaired) electrons. The molecule has 0 bridgehead atoms. The summed E-state index contributed by atoms with van der Waals surface area (Å²) in [5, 5.41) is 15.0. The fraction of sp³-hybridized carbons (Fsp3) is 0.208. The number of nitrogens with one attached hydrogen (secondary N) is 1. The van der Waals surface area contributed by atoms with E-state index in [-0.39, 0.29) is 12.3 Å². The molecule has 0 saturated heterocycles. The zero-order valence-corrected chi connectivity index (χ0v) is 18.0. The Morgan fingerprint density at radius 3 is 2.50 bits per heavy atom.